The highest BCUT2D eigenvalue weighted by Gasteiger charge is 2.19. The second-order valence-corrected chi connectivity index (χ2v) is 8.31. The third-order valence-electron chi connectivity index (χ3n) is 4.97. The number of aromatic nitrogens is 5. The van der Waals surface area contributed by atoms with Crippen LogP contribution in [0, 0.1) is 5.82 Å². The first kappa shape index (κ1) is 20.8. The number of hydrogen-bond acceptors (Lipinski definition) is 5. The Morgan fingerprint density at radius 3 is 2.73 bits per heavy atom. The second kappa shape index (κ2) is 9.17. The molecule has 3 aromatic heterocycles. The number of amides is 1. The molecule has 2 aromatic carbocycles. The van der Waals surface area contributed by atoms with Gasteiger partial charge in [-0.2, -0.15) is 0 Å². The highest BCUT2D eigenvalue weighted by molar-refractivity contribution is 7.13. The van der Waals surface area contributed by atoms with Crippen molar-refractivity contribution < 1.29 is 9.18 Å². The Morgan fingerprint density at radius 1 is 1.06 bits per heavy atom. The van der Waals surface area contributed by atoms with Gasteiger partial charge in [-0.3, -0.25) is 4.79 Å². The Labute approximate surface area is 193 Å². The van der Waals surface area contributed by atoms with E-state index in [1.165, 1.54) is 28.2 Å². The molecule has 0 unspecified atom stereocenters. The maximum Gasteiger partial charge on any atom is 0.291 e. The van der Waals surface area contributed by atoms with Crippen LogP contribution in [0.2, 0.25) is 0 Å². The minimum absolute atomic E-state index is 0.0252. The number of benzene rings is 2. The summed E-state index contributed by atoms with van der Waals surface area (Å²) in [4.78, 5) is 22.2. The number of carbonyl (C=O) groups is 1. The lowest BCUT2D eigenvalue weighted by molar-refractivity contribution is 0.0940. The van der Waals surface area contributed by atoms with E-state index in [1.807, 2.05) is 52.5 Å². The molecule has 5 rings (SSSR count). The second-order valence-electron chi connectivity index (χ2n) is 7.37. The molecule has 0 spiro atoms. The molecule has 164 valence electrons. The summed E-state index contributed by atoms with van der Waals surface area (Å²) in [5.41, 5.74) is 2.56. The van der Waals surface area contributed by atoms with E-state index >= 15 is 0 Å². The van der Waals surface area contributed by atoms with Crippen molar-refractivity contribution in [2.24, 2.45) is 0 Å². The molecule has 33 heavy (non-hydrogen) atoms. The quantitative estimate of drug-likeness (QED) is 0.394. The highest BCUT2D eigenvalue weighted by atomic mass is 32.1. The fraction of sp³-hybridized carbons (Fsp3) is 0.0833. The van der Waals surface area contributed by atoms with Crippen LogP contribution in [-0.4, -0.2) is 30.2 Å². The fourth-order valence-electron chi connectivity index (χ4n) is 3.45. The monoisotopic (exact) mass is 458 g/mol. The maximum absolute atomic E-state index is 13.8. The number of nitrogens with one attached hydrogen (secondary N) is 1. The van der Waals surface area contributed by atoms with Crippen LogP contribution in [0.4, 0.5) is 4.39 Å². The van der Waals surface area contributed by atoms with Crippen molar-refractivity contribution in [1.29, 1.82) is 0 Å². The molecule has 9 heteroatoms. The fourth-order valence-corrected chi connectivity index (χ4v) is 4.15. The molecule has 0 aliphatic carbocycles. The molecule has 0 atom stereocenters. The Morgan fingerprint density at radius 2 is 1.94 bits per heavy atom. The molecule has 1 amide bonds. The molecule has 1 N–H and O–H groups in total. The van der Waals surface area contributed by atoms with E-state index in [0.717, 1.165) is 16.0 Å². The van der Waals surface area contributed by atoms with E-state index in [2.05, 4.69) is 20.4 Å². The molecule has 0 fully saturated rings. The summed E-state index contributed by atoms with van der Waals surface area (Å²) in [7, 11) is 0. The lowest BCUT2D eigenvalue weighted by Gasteiger charge is -2.07. The number of carbonyl (C=O) groups excluding carboxylic acids is 1. The molecule has 0 saturated carbocycles. The van der Waals surface area contributed by atoms with Gasteiger partial charge in [-0.05, 0) is 40.8 Å². The van der Waals surface area contributed by atoms with Crippen molar-refractivity contribution in [2.45, 2.75) is 13.1 Å². The summed E-state index contributed by atoms with van der Waals surface area (Å²) in [6.07, 6.45) is 5.41. The number of imidazole rings is 1. The van der Waals surface area contributed by atoms with Gasteiger partial charge in [-0.25, -0.2) is 19.0 Å². The normalized spacial score (nSPS) is 10.9. The number of thiophene rings is 1. The van der Waals surface area contributed by atoms with Gasteiger partial charge in [-0.1, -0.05) is 36.4 Å². The van der Waals surface area contributed by atoms with E-state index in [1.54, 1.807) is 24.7 Å². The van der Waals surface area contributed by atoms with Crippen LogP contribution >= 0.6 is 11.3 Å². The van der Waals surface area contributed by atoms with E-state index in [0.29, 0.717) is 24.6 Å². The predicted octanol–water partition coefficient (Wildman–Crippen LogP) is 4.31. The summed E-state index contributed by atoms with van der Waals surface area (Å²) < 4.78 is 17.3. The van der Waals surface area contributed by atoms with Crippen molar-refractivity contribution in [2.75, 3.05) is 0 Å². The first-order valence-corrected chi connectivity index (χ1v) is 11.1. The first-order chi connectivity index (χ1) is 16.2. The van der Waals surface area contributed by atoms with Crippen LogP contribution in [-0.2, 0) is 13.1 Å². The zero-order valence-corrected chi connectivity index (χ0v) is 18.2. The number of rotatable bonds is 7. The van der Waals surface area contributed by atoms with Crippen LogP contribution in [0.3, 0.4) is 0 Å². The van der Waals surface area contributed by atoms with Crippen LogP contribution in [0.25, 0.3) is 16.4 Å². The van der Waals surface area contributed by atoms with Crippen molar-refractivity contribution in [3.8, 4) is 16.4 Å². The standard InChI is InChI=1S/C24H19FN6OS/c25-19-6-2-7-20(13-19)31-23(21-8-3-11-33-21)28-22(29-31)24(32)27-14-17-4-1-5-18(12-17)15-30-10-9-26-16-30/h1-13,16H,14-15H2,(H,27,32). The third kappa shape index (κ3) is 4.73. The summed E-state index contributed by atoms with van der Waals surface area (Å²) >= 11 is 1.47. The van der Waals surface area contributed by atoms with Gasteiger partial charge in [0.2, 0.25) is 5.82 Å². The lowest BCUT2D eigenvalue weighted by Crippen LogP contribution is -2.24. The van der Waals surface area contributed by atoms with E-state index in [4.69, 9.17) is 0 Å². The van der Waals surface area contributed by atoms with Crippen LogP contribution < -0.4 is 5.32 Å². The maximum atomic E-state index is 13.8. The molecule has 0 aliphatic rings. The van der Waals surface area contributed by atoms with E-state index < -0.39 is 5.91 Å². The van der Waals surface area contributed by atoms with Gasteiger partial charge in [0.25, 0.3) is 5.91 Å². The smallest absolute Gasteiger partial charge is 0.291 e. The summed E-state index contributed by atoms with van der Waals surface area (Å²) in [5.74, 6) is -0.273. The minimum atomic E-state index is -0.400. The molecule has 0 bridgehead atoms. The SMILES string of the molecule is O=C(NCc1cccc(Cn2ccnc2)c1)c1nc(-c2cccs2)n(-c2cccc(F)c2)n1. The molecule has 0 aliphatic heterocycles. The topological polar surface area (TPSA) is 77.6 Å². The average Bonchev–Trinajstić information content (AvgIpc) is 3.59. The zero-order chi connectivity index (χ0) is 22.6. The van der Waals surface area contributed by atoms with Gasteiger partial charge in [-0.15, -0.1) is 16.4 Å². The van der Waals surface area contributed by atoms with E-state index in [9.17, 15) is 9.18 Å². The Balaban J connectivity index is 1.35. The molecule has 7 nitrogen and oxygen atoms in total. The van der Waals surface area contributed by atoms with E-state index in [-0.39, 0.29) is 11.6 Å². The van der Waals surface area contributed by atoms with Crippen LogP contribution in [0.1, 0.15) is 21.7 Å². The molecular formula is C24H19FN6OS. The van der Waals surface area contributed by atoms with Gasteiger partial charge in [0.05, 0.1) is 16.9 Å². The zero-order valence-electron chi connectivity index (χ0n) is 17.4. The molecule has 0 radical (unpaired) electrons. The Kier molecular flexibility index (Phi) is 5.77. The largest absolute Gasteiger partial charge is 0.345 e. The van der Waals surface area contributed by atoms with Gasteiger partial charge in [0.15, 0.2) is 5.82 Å². The Hall–Kier alpha value is -4.11. The number of halogens is 1. The van der Waals surface area contributed by atoms with Crippen LogP contribution in [0.15, 0.2) is 84.8 Å². The van der Waals surface area contributed by atoms with Gasteiger partial charge in [0, 0.05) is 25.5 Å². The number of hydrogen-bond donors (Lipinski definition) is 1. The first-order valence-electron chi connectivity index (χ1n) is 10.2. The highest BCUT2D eigenvalue weighted by Crippen LogP contribution is 2.25. The third-order valence-corrected chi connectivity index (χ3v) is 5.84. The lowest BCUT2D eigenvalue weighted by atomic mass is 10.1. The van der Waals surface area contributed by atoms with Crippen molar-refractivity contribution in [3.05, 3.63) is 108 Å². The van der Waals surface area contributed by atoms with Gasteiger partial charge in [0.1, 0.15) is 5.82 Å². The average molecular weight is 459 g/mol. The van der Waals surface area contributed by atoms with Crippen LogP contribution in [0.5, 0.6) is 0 Å². The Bertz CT molecular complexity index is 1380. The molecule has 0 saturated heterocycles. The molecule has 5 aromatic rings. The van der Waals surface area contributed by atoms with Crippen molar-refractivity contribution >= 4 is 17.2 Å². The van der Waals surface area contributed by atoms with Gasteiger partial charge >= 0.3 is 0 Å². The number of nitrogens with zero attached hydrogens (tertiary/aromatic N) is 5. The molecular weight excluding hydrogens is 439 g/mol. The predicted molar refractivity (Wildman–Crippen MR) is 124 cm³/mol. The summed E-state index contributed by atoms with van der Waals surface area (Å²) in [6.45, 7) is 1.03. The molecule has 3 heterocycles. The van der Waals surface area contributed by atoms with Crippen molar-refractivity contribution in [1.82, 2.24) is 29.6 Å². The minimum Gasteiger partial charge on any atom is -0.345 e. The van der Waals surface area contributed by atoms with Gasteiger partial charge < -0.3 is 9.88 Å². The van der Waals surface area contributed by atoms with Crippen molar-refractivity contribution in [3.63, 3.8) is 0 Å². The summed E-state index contributed by atoms with van der Waals surface area (Å²) in [6, 6.07) is 17.8. The summed E-state index contributed by atoms with van der Waals surface area (Å²) in [5, 5.41) is 9.18.